The van der Waals surface area contributed by atoms with Crippen LogP contribution in [0, 0.1) is 15.9 Å². The first kappa shape index (κ1) is 17.6. The van der Waals surface area contributed by atoms with Crippen molar-refractivity contribution in [1.29, 1.82) is 0 Å². The second kappa shape index (κ2) is 8.16. The van der Waals surface area contributed by atoms with Gasteiger partial charge in [0, 0.05) is 30.7 Å². The lowest BCUT2D eigenvalue weighted by molar-refractivity contribution is -0.384. The zero-order valence-corrected chi connectivity index (χ0v) is 12.8. The van der Waals surface area contributed by atoms with Gasteiger partial charge in [-0.2, -0.15) is 0 Å². The van der Waals surface area contributed by atoms with Crippen molar-refractivity contribution in [2.75, 3.05) is 6.54 Å². The topological polar surface area (TPSA) is 92.5 Å². The number of carbonyl (C=O) groups is 1. The number of aliphatic hydroxyl groups is 1. The third-order valence-electron chi connectivity index (χ3n) is 3.52. The molecule has 1 unspecified atom stereocenters. The van der Waals surface area contributed by atoms with Crippen LogP contribution in [-0.2, 0) is 11.2 Å². The van der Waals surface area contributed by atoms with Gasteiger partial charge in [0.25, 0.3) is 5.69 Å². The molecule has 0 aromatic heterocycles. The van der Waals surface area contributed by atoms with Gasteiger partial charge in [-0.05, 0) is 18.1 Å². The number of non-ortho nitro benzene ring substituents is 1. The molecule has 2 rings (SSSR count). The SMILES string of the molecule is O=C(CCc1cccc([N+](=O)[O-])c1)NCC(O)c1ccccc1F. The van der Waals surface area contributed by atoms with E-state index < -0.39 is 16.8 Å². The van der Waals surface area contributed by atoms with Gasteiger partial charge in [-0.3, -0.25) is 14.9 Å². The summed E-state index contributed by atoms with van der Waals surface area (Å²) in [5, 5.41) is 23.1. The number of aliphatic hydroxyl groups excluding tert-OH is 1. The first-order valence-corrected chi connectivity index (χ1v) is 7.40. The number of nitro groups is 1. The number of carbonyl (C=O) groups excluding carboxylic acids is 1. The van der Waals surface area contributed by atoms with Gasteiger partial charge in [0.15, 0.2) is 0 Å². The van der Waals surface area contributed by atoms with E-state index in [2.05, 4.69) is 5.32 Å². The largest absolute Gasteiger partial charge is 0.386 e. The number of halogens is 1. The van der Waals surface area contributed by atoms with Crippen molar-refractivity contribution < 1.29 is 19.2 Å². The number of nitrogens with one attached hydrogen (secondary N) is 1. The summed E-state index contributed by atoms with van der Waals surface area (Å²) in [6.45, 7) is -0.102. The van der Waals surface area contributed by atoms with Crippen LogP contribution in [-0.4, -0.2) is 22.5 Å². The third-order valence-corrected chi connectivity index (χ3v) is 3.52. The highest BCUT2D eigenvalue weighted by Gasteiger charge is 2.13. The third kappa shape index (κ3) is 4.85. The molecule has 126 valence electrons. The molecule has 1 amide bonds. The molecule has 0 aliphatic carbocycles. The molecule has 0 saturated carbocycles. The molecule has 0 spiro atoms. The van der Waals surface area contributed by atoms with Gasteiger partial charge in [0.2, 0.25) is 5.91 Å². The van der Waals surface area contributed by atoms with Crippen molar-refractivity contribution in [2.45, 2.75) is 18.9 Å². The van der Waals surface area contributed by atoms with Crippen molar-refractivity contribution in [2.24, 2.45) is 0 Å². The Labute approximate surface area is 138 Å². The van der Waals surface area contributed by atoms with E-state index in [0.29, 0.717) is 12.0 Å². The number of aryl methyl sites for hydroxylation is 1. The second-order valence-corrected chi connectivity index (χ2v) is 5.27. The zero-order chi connectivity index (χ0) is 17.5. The number of hydrogen-bond donors (Lipinski definition) is 2. The lowest BCUT2D eigenvalue weighted by Crippen LogP contribution is -2.28. The van der Waals surface area contributed by atoms with E-state index in [1.807, 2.05) is 0 Å². The van der Waals surface area contributed by atoms with Crippen LogP contribution in [0.2, 0.25) is 0 Å². The summed E-state index contributed by atoms with van der Waals surface area (Å²) in [6, 6.07) is 11.9. The van der Waals surface area contributed by atoms with Crippen molar-refractivity contribution >= 4 is 11.6 Å². The molecule has 0 heterocycles. The van der Waals surface area contributed by atoms with E-state index >= 15 is 0 Å². The number of amides is 1. The van der Waals surface area contributed by atoms with Gasteiger partial charge in [0.1, 0.15) is 5.82 Å². The van der Waals surface area contributed by atoms with E-state index in [0.717, 1.165) is 0 Å². The number of benzene rings is 2. The highest BCUT2D eigenvalue weighted by molar-refractivity contribution is 5.76. The lowest BCUT2D eigenvalue weighted by Gasteiger charge is -2.13. The van der Waals surface area contributed by atoms with Crippen LogP contribution in [0.3, 0.4) is 0 Å². The Morgan fingerprint density at radius 2 is 2.00 bits per heavy atom. The van der Waals surface area contributed by atoms with E-state index in [4.69, 9.17) is 0 Å². The summed E-state index contributed by atoms with van der Waals surface area (Å²) in [4.78, 5) is 22.0. The van der Waals surface area contributed by atoms with Crippen LogP contribution in [0.15, 0.2) is 48.5 Å². The average Bonchev–Trinajstić information content (AvgIpc) is 2.58. The maximum absolute atomic E-state index is 13.5. The molecule has 7 heteroatoms. The Morgan fingerprint density at radius 1 is 1.25 bits per heavy atom. The Balaban J connectivity index is 1.82. The Hall–Kier alpha value is -2.80. The highest BCUT2D eigenvalue weighted by atomic mass is 19.1. The quantitative estimate of drug-likeness (QED) is 0.602. The standard InChI is InChI=1S/C17H17FN2O4/c18-15-7-2-1-6-14(15)16(21)11-19-17(22)9-8-12-4-3-5-13(10-12)20(23)24/h1-7,10,16,21H,8-9,11H2,(H,19,22). The van der Waals surface area contributed by atoms with Crippen LogP contribution < -0.4 is 5.32 Å². The number of hydrogen-bond acceptors (Lipinski definition) is 4. The summed E-state index contributed by atoms with van der Waals surface area (Å²) in [7, 11) is 0. The lowest BCUT2D eigenvalue weighted by atomic mass is 10.1. The van der Waals surface area contributed by atoms with E-state index in [1.165, 1.54) is 30.3 Å². The fraction of sp³-hybridized carbons (Fsp3) is 0.235. The molecule has 1 atom stereocenters. The zero-order valence-electron chi connectivity index (χ0n) is 12.8. The fourth-order valence-corrected chi connectivity index (χ4v) is 2.24. The Morgan fingerprint density at radius 3 is 2.71 bits per heavy atom. The number of nitrogens with zero attached hydrogens (tertiary/aromatic N) is 1. The molecule has 2 aromatic carbocycles. The molecule has 2 N–H and O–H groups in total. The number of nitro benzene ring substituents is 1. The minimum absolute atomic E-state index is 0.0251. The fourth-order valence-electron chi connectivity index (χ4n) is 2.24. The maximum Gasteiger partial charge on any atom is 0.269 e. The predicted octanol–water partition coefficient (Wildman–Crippen LogP) is 2.52. The van der Waals surface area contributed by atoms with Crippen LogP contribution in [0.5, 0.6) is 0 Å². The first-order chi connectivity index (χ1) is 11.5. The molecule has 0 aliphatic rings. The van der Waals surface area contributed by atoms with Gasteiger partial charge in [-0.1, -0.05) is 30.3 Å². The Kier molecular flexibility index (Phi) is 5.97. The molecular weight excluding hydrogens is 315 g/mol. The van der Waals surface area contributed by atoms with Gasteiger partial charge in [-0.15, -0.1) is 0 Å². The van der Waals surface area contributed by atoms with Crippen molar-refractivity contribution in [3.8, 4) is 0 Å². The normalized spacial score (nSPS) is 11.8. The first-order valence-electron chi connectivity index (χ1n) is 7.40. The van der Waals surface area contributed by atoms with E-state index in [1.54, 1.807) is 18.2 Å². The molecule has 0 radical (unpaired) electrons. The highest BCUT2D eigenvalue weighted by Crippen LogP contribution is 2.16. The van der Waals surface area contributed by atoms with Crippen molar-refractivity contribution in [3.05, 3.63) is 75.6 Å². The maximum atomic E-state index is 13.5. The van der Waals surface area contributed by atoms with Crippen LogP contribution in [0.25, 0.3) is 0 Å². The van der Waals surface area contributed by atoms with Crippen LogP contribution >= 0.6 is 0 Å². The second-order valence-electron chi connectivity index (χ2n) is 5.27. The minimum Gasteiger partial charge on any atom is -0.386 e. The molecule has 24 heavy (non-hydrogen) atoms. The molecule has 0 bridgehead atoms. The summed E-state index contributed by atoms with van der Waals surface area (Å²) in [6.07, 6.45) is -0.679. The van der Waals surface area contributed by atoms with Gasteiger partial charge in [0.05, 0.1) is 11.0 Å². The van der Waals surface area contributed by atoms with Crippen molar-refractivity contribution in [3.63, 3.8) is 0 Å². The molecule has 2 aromatic rings. The summed E-state index contributed by atoms with van der Waals surface area (Å²) in [5.41, 5.74) is 0.772. The predicted molar refractivity (Wildman–Crippen MR) is 85.8 cm³/mol. The molecular formula is C17H17FN2O4. The van der Waals surface area contributed by atoms with Gasteiger partial charge < -0.3 is 10.4 Å². The van der Waals surface area contributed by atoms with Crippen LogP contribution in [0.1, 0.15) is 23.7 Å². The Bertz CT molecular complexity index is 736. The van der Waals surface area contributed by atoms with Gasteiger partial charge >= 0.3 is 0 Å². The monoisotopic (exact) mass is 332 g/mol. The summed E-state index contributed by atoms with van der Waals surface area (Å²) >= 11 is 0. The van der Waals surface area contributed by atoms with E-state index in [9.17, 15) is 24.4 Å². The van der Waals surface area contributed by atoms with E-state index in [-0.39, 0.29) is 30.1 Å². The molecule has 6 nitrogen and oxygen atoms in total. The van der Waals surface area contributed by atoms with Crippen LogP contribution in [0.4, 0.5) is 10.1 Å². The smallest absolute Gasteiger partial charge is 0.269 e. The van der Waals surface area contributed by atoms with Crippen molar-refractivity contribution in [1.82, 2.24) is 5.32 Å². The molecule has 0 fully saturated rings. The van der Waals surface area contributed by atoms with Gasteiger partial charge in [-0.25, -0.2) is 4.39 Å². The molecule has 0 aliphatic heterocycles. The summed E-state index contributed by atoms with van der Waals surface area (Å²) in [5.74, 6) is -0.854. The summed E-state index contributed by atoms with van der Waals surface area (Å²) < 4.78 is 13.5. The minimum atomic E-state index is -1.13. The molecule has 0 saturated heterocycles. The number of rotatable bonds is 7. The average molecular weight is 332 g/mol.